The van der Waals surface area contributed by atoms with E-state index < -0.39 is 23.7 Å². The second-order valence-electron chi connectivity index (χ2n) is 5.60. The van der Waals surface area contributed by atoms with Crippen molar-refractivity contribution in [3.8, 4) is 11.3 Å². The third-order valence-corrected chi connectivity index (χ3v) is 3.65. The molecular formula is C17H14FN3O5. The van der Waals surface area contributed by atoms with Crippen molar-refractivity contribution >= 4 is 11.9 Å². The van der Waals surface area contributed by atoms with Crippen LogP contribution in [0.25, 0.3) is 11.3 Å². The maximum Gasteiger partial charge on any atom is 0.341 e. The van der Waals surface area contributed by atoms with Gasteiger partial charge in [0, 0.05) is 11.6 Å². The maximum atomic E-state index is 13.1. The number of nitrogens with one attached hydrogen (secondary N) is 1. The molecule has 0 aliphatic rings. The van der Waals surface area contributed by atoms with Crippen LogP contribution in [0, 0.1) is 12.7 Å². The number of nitrogens with zero attached hydrogens (tertiary/aromatic N) is 2. The van der Waals surface area contributed by atoms with Crippen molar-refractivity contribution in [1.82, 2.24) is 15.6 Å². The lowest BCUT2D eigenvalue weighted by Crippen LogP contribution is -2.27. The van der Waals surface area contributed by atoms with E-state index in [-0.39, 0.29) is 22.7 Å². The molecule has 3 aromatic rings. The van der Waals surface area contributed by atoms with Gasteiger partial charge in [-0.3, -0.25) is 4.79 Å². The average Bonchev–Trinajstić information content (AvgIpc) is 3.22. The normalized spacial score (nSPS) is 12.0. The maximum absolute atomic E-state index is 13.1. The molecule has 0 radical (unpaired) electrons. The van der Waals surface area contributed by atoms with Gasteiger partial charge in [0.05, 0.1) is 6.04 Å². The van der Waals surface area contributed by atoms with Crippen LogP contribution in [0.15, 0.2) is 39.4 Å². The molecule has 0 aliphatic heterocycles. The minimum absolute atomic E-state index is 0.0367. The van der Waals surface area contributed by atoms with Crippen molar-refractivity contribution in [1.29, 1.82) is 0 Å². The Balaban J connectivity index is 1.91. The predicted octanol–water partition coefficient (Wildman–Crippen LogP) is 2.97. The van der Waals surface area contributed by atoms with Crippen molar-refractivity contribution < 1.29 is 28.1 Å². The van der Waals surface area contributed by atoms with Gasteiger partial charge in [-0.25, -0.2) is 9.18 Å². The van der Waals surface area contributed by atoms with Gasteiger partial charge in [-0.2, -0.15) is 0 Å². The minimum Gasteiger partial charge on any atom is -0.477 e. The molecule has 0 saturated carbocycles. The van der Waals surface area contributed by atoms with Gasteiger partial charge in [-0.05, 0) is 38.1 Å². The minimum atomic E-state index is -1.28. The zero-order valence-electron chi connectivity index (χ0n) is 13.8. The van der Waals surface area contributed by atoms with Gasteiger partial charge in [0.25, 0.3) is 5.91 Å². The predicted molar refractivity (Wildman–Crippen MR) is 86.0 cm³/mol. The van der Waals surface area contributed by atoms with Crippen LogP contribution >= 0.6 is 0 Å². The summed E-state index contributed by atoms with van der Waals surface area (Å²) >= 11 is 0. The second-order valence-corrected chi connectivity index (χ2v) is 5.60. The van der Waals surface area contributed by atoms with Crippen LogP contribution in [0.4, 0.5) is 4.39 Å². The summed E-state index contributed by atoms with van der Waals surface area (Å²) in [5, 5.41) is 19.5. The van der Waals surface area contributed by atoms with E-state index in [0.717, 1.165) is 0 Å². The molecular weight excluding hydrogens is 345 g/mol. The fourth-order valence-corrected chi connectivity index (χ4v) is 2.42. The Bertz CT molecular complexity index is 961. The quantitative estimate of drug-likeness (QED) is 0.719. The number of carboxylic acid groups (broad SMARTS) is 1. The first-order chi connectivity index (χ1) is 12.4. The van der Waals surface area contributed by atoms with Crippen molar-refractivity contribution in [2.75, 3.05) is 0 Å². The molecule has 0 fully saturated rings. The highest BCUT2D eigenvalue weighted by atomic mass is 19.1. The number of aromatic carboxylic acids is 1. The fraction of sp³-hybridized carbons (Fsp3) is 0.176. The molecule has 134 valence electrons. The topological polar surface area (TPSA) is 118 Å². The first-order valence-electron chi connectivity index (χ1n) is 7.59. The van der Waals surface area contributed by atoms with Crippen LogP contribution in [-0.4, -0.2) is 27.3 Å². The summed E-state index contributed by atoms with van der Waals surface area (Å²) in [4.78, 5) is 23.8. The molecule has 0 spiro atoms. The van der Waals surface area contributed by atoms with Crippen LogP contribution in [0.1, 0.15) is 45.3 Å². The van der Waals surface area contributed by atoms with Crippen molar-refractivity contribution in [3.63, 3.8) is 0 Å². The van der Waals surface area contributed by atoms with Crippen molar-refractivity contribution in [2.24, 2.45) is 0 Å². The smallest absolute Gasteiger partial charge is 0.341 e. The second kappa shape index (κ2) is 6.79. The van der Waals surface area contributed by atoms with E-state index in [1.165, 1.54) is 30.3 Å². The zero-order valence-corrected chi connectivity index (χ0v) is 13.8. The number of rotatable bonds is 5. The Labute approximate surface area is 146 Å². The standard InChI is InChI=1S/C17H14FN3O5/c1-8-7-12(20-25-8)16(22)19-9(2)15-13(17(23)24)14(21-26-15)10-3-5-11(18)6-4-10/h3-7,9H,1-2H3,(H,19,22)(H,23,24)/t9-/m1/s1. The molecule has 2 N–H and O–H groups in total. The summed E-state index contributed by atoms with van der Waals surface area (Å²) in [6, 6.07) is 5.81. The molecule has 3 rings (SSSR count). The van der Waals surface area contributed by atoms with Crippen LogP contribution in [0.3, 0.4) is 0 Å². The van der Waals surface area contributed by atoms with E-state index >= 15 is 0 Å². The lowest BCUT2D eigenvalue weighted by molar-refractivity contribution is 0.0692. The molecule has 0 unspecified atom stereocenters. The molecule has 0 aliphatic carbocycles. The van der Waals surface area contributed by atoms with Gasteiger partial charge in [0.15, 0.2) is 11.5 Å². The van der Waals surface area contributed by atoms with Crippen LogP contribution in [0.5, 0.6) is 0 Å². The third kappa shape index (κ3) is 3.32. The first kappa shape index (κ1) is 17.3. The van der Waals surface area contributed by atoms with Crippen molar-refractivity contribution in [2.45, 2.75) is 19.9 Å². The highest BCUT2D eigenvalue weighted by Gasteiger charge is 2.28. The Kier molecular flexibility index (Phi) is 4.53. The van der Waals surface area contributed by atoms with Gasteiger partial charge >= 0.3 is 5.97 Å². The molecule has 9 heteroatoms. The van der Waals surface area contributed by atoms with E-state index in [9.17, 15) is 19.1 Å². The summed E-state index contributed by atoms with van der Waals surface area (Å²) in [7, 11) is 0. The summed E-state index contributed by atoms with van der Waals surface area (Å²) in [5.74, 6) is -1.86. The number of halogens is 1. The van der Waals surface area contributed by atoms with Crippen LogP contribution < -0.4 is 5.32 Å². The Morgan fingerprint density at radius 1 is 1.19 bits per heavy atom. The fourth-order valence-electron chi connectivity index (χ4n) is 2.42. The number of carboxylic acids is 1. The number of hydrogen-bond donors (Lipinski definition) is 2. The monoisotopic (exact) mass is 359 g/mol. The molecule has 0 bridgehead atoms. The Morgan fingerprint density at radius 3 is 2.46 bits per heavy atom. The van der Waals surface area contributed by atoms with E-state index in [2.05, 4.69) is 15.6 Å². The van der Waals surface area contributed by atoms with Gasteiger partial charge in [0.1, 0.15) is 22.8 Å². The highest BCUT2D eigenvalue weighted by Crippen LogP contribution is 2.29. The van der Waals surface area contributed by atoms with Crippen LogP contribution in [-0.2, 0) is 0 Å². The largest absolute Gasteiger partial charge is 0.477 e. The van der Waals surface area contributed by atoms with Gasteiger partial charge in [-0.1, -0.05) is 10.3 Å². The molecule has 0 saturated heterocycles. The molecule has 1 aromatic carbocycles. The summed E-state index contributed by atoms with van der Waals surface area (Å²) < 4.78 is 23.1. The molecule has 2 aromatic heterocycles. The van der Waals surface area contributed by atoms with E-state index in [1.807, 2.05) is 0 Å². The molecule has 8 nitrogen and oxygen atoms in total. The SMILES string of the molecule is Cc1cc(C(=O)N[C@H](C)c2onc(-c3ccc(F)cc3)c2C(=O)O)no1. The van der Waals surface area contributed by atoms with Gasteiger partial charge < -0.3 is 19.5 Å². The number of benzene rings is 1. The van der Waals surface area contributed by atoms with Gasteiger partial charge in [0.2, 0.25) is 0 Å². The highest BCUT2D eigenvalue weighted by molar-refractivity contribution is 5.96. The Morgan fingerprint density at radius 2 is 1.88 bits per heavy atom. The number of amides is 1. The van der Waals surface area contributed by atoms with E-state index in [4.69, 9.17) is 9.05 Å². The summed E-state index contributed by atoms with van der Waals surface area (Å²) in [5.41, 5.74) is 0.278. The number of carbonyl (C=O) groups is 2. The van der Waals surface area contributed by atoms with E-state index in [1.54, 1.807) is 13.8 Å². The molecule has 1 amide bonds. The number of aromatic nitrogens is 2. The summed E-state index contributed by atoms with van der Waals surface area (Å²) in [6.45, 7) is 3.19. The number of carbonyl (C=O) groups excluding carboxylic acids is 1. The van der Waals surface area contributed by atoms with Crippen molar-refractivity contribution in [3.05, 3.63) is 58.9 Å². The van der Waals surface area contributed by atoms with Crippen LogP contribution in [0.2, 0.25) is 0 Å². The number of hydrogen-bond acceptors (Lipinski definition) is 6. The third-order valence-electron chi connectivity index (χ3n) is 3.65. The summed E-state index contributed by atoms with van der Waals surface area (Å²) in [6.07, 6.45) is 0. The average molecular weight is 359 g/mol. The first-order valence-corrected chi connectivity index (χ1v) is 7.59. The van der Waals surface area contributed by atoms with E-state index in [0.29, 0.717) is 11.3 Å². The molecule has 1 atom stereocenters. The zero-order chi connectivity index (χ0) is 18.8. The van der Waals surface area contributed by atoms with Gasteiger partial charge in [-0.15, -0.1) is 0 Å². The number of aryl methyl sites for hydroxylation is 1. The molecule has 26 heavy (non-hydrogen) atoms. The Hall–Kier alpha value is -3.49. The molecule has 2 heterocycles. The lowest BCUT2D eigenvalue weighted by Gasteiger charge is -2.10. The lowest BCUT2D eigenvalue weighted by atomic mass is 10.0.